The number of carbonyl (C=O) groups excluding carboxylic acids is 2. The molecule has 4 aromatic carbocycles. The van der Waals surface area contributed by atoms with E-state index in [1.54, 1.807) is 66.7 Å². The molecule has 0 saturated carbocycles. The average Bonchev–Trinajstić information content (AvgIpc) is 3.01. The van der Waals surface area contributed by atoms with Crippen LogP contribution < -0.4 is 24.9 Å². The van der Waals surface area contributed by atoms with E-state index in [9.17, 15) is 18.0 Å². The van der Waals surface area contributed by atoms with Crippen molar-refractivity contribution >= 4 is 33.7 Å². The molecular formula is C32H32N4O6S. The Labute approximate surface area is 250 Å². The Balaban J connectivity index is 1.36. The molecule has 0 heterocycles. The first kappa shape index (κ1) is 30.9. The maximum atomic E-state index is 13.0. The Morgan fingerprint density at radius 2 is 1.53 bits per heavy atom. The van der Waals surface area contributed by atoms with Gasteiger partial charge < -0.3 is 14.8 Å². The van der Waals surface area contributed by atoms with E-state index in [0.29, 0.717) is 28.3 Å². The molecule has 0 aliphatic heterocycles. The standard InChI is InChI=1S/C32H32N4O6S/c1-23-13-16-27(17-14-23)43(39,40)36-28(25-9-5-3-6-10-25)20-31(37)35-33-21-24-15-18-29(30(19-24)41-2)42-22-32(38)34-26-11-7-4-8-12-26/h3-19,21,28,36H,20,22H2,1-2H3,(H,34,38)(H,35,37)/b33-21-/t28-/m1/s1. The average molecular weight is 601 g/mol. The Hall–Kier alpha value is -5.00. The maximum absolute atomic E-state index is 13.0. The van der Waals surface area contributed by atoms with Gasteiger partial charge in [-0.1, -0.05) is 66.2 Å². The van der Waals surface area contributed by atoms with Gasteiger partial charge in [0.05, 0.1) is 24.3 Å². The van der Waals surface area contributed by atoms with Crippen LogP contribution in [0.2, 0.25) is 0 Å². The van der Waals surface area contributed by atoms with Crippen LogP contribution in [-0.4, -0.2) is 40.2 Å². The second kappa shape index (κ2) is 14.8. The molecule has 0 bridgehead atoms. The van der Waals surface area contributed by atoms with E-state index in [0.717, 1.165) is 5.56 Å². The second-order valence-corrected chi connectivity index (χ2v) is 11.2. The molecule has 4 rings (SSSR count). The van der Waals surface area contributed by atoms with Gasteiger partial charge in [0, 0.05) is 12.1 Å². The van der Waals surface area contributed by atoms with Crippen molar-refractivity contribution in [2.75, 3.05) is 19.0 Å². The SMILES string of the molecule is COc1cc(/C=N\NC(=O)C[C@@H](NS(=O)(=O)c2ccc(C)cc2)c2ccccc2)ccc1OCC(=O)Nc1ccccc1. The first-order valence-electron chi connectivity index (χ1n) is 13.3. The molecule has 0 radical (unpaired) electrons. The zero-order valence-electron chi connectivity index (χ0n) is 23.7. The molecule has 0 saturated heterocycles. The molecule has 43 heavy (non-hydrogen) atoms. The third-order valence-corrected chi connectivity index (χ3v) is 7.71. The van der Waals surface area contributed by atoms with E-state index in [1.165, 1.54) is 25.5 Å². The lowest BCUT2D eigenvalue weighted by molar-refractivity contribution is -0.121. The number of aryl methyl sites for hydroxylation is 1. The smallest absolute Gasteiger partial charge is 0.262 e. The summed E-state index contributed by atoms with van der Waals surface area (Å²) in [5.74, 6) is -0.0828. The van der Waals surface area contributed by atoms with Crippen molar-refractivity contribution in [2.45, 2.75) is 24.3 Å². The number of carbonyl (C=O) groups is 2. The molecule has 3 N–H and O–H groups in total. The maximum Gasteiger partial charge on any atom is 0.262 e. The van der Waals surface area contributed by atoms with Gasteiger partial charge in [-0.2, -0.15) is 5.10 Å². The molecule has 0 aromatic heterocycles. The molecule has 0 unspecified atom stereocenters. The highest BCUT2D eigenvalue weighted by atomic mass is 32.2. The summed E-state index contributed by atoms with van der Waals surface area (Å²) in [5.41, 5.74) is 5.27. The molecule has 0 fully saturated rings. The van der Waals surface area contributed by atoms with Gasteiger partial charge in [-0.3, -0.25) is 9.59 Å². The summed E-state index contributed by atoms with van der Waals surface area (Å²) in [6.45, 7) is 1.65. The van der Waals surface area contributed by atoms with E-state index in [1.807, 2.05) is 31.2 Å². The van der Waals surface area contributed by atoms with Gasteiger partial charge in [0.15, 0.2) is 18.1 Å². The van der Waals surface area contributed by atoms with Crippen molar-refractivity contribution < 1.29 is 27.5 Å². The molecule has 0 aliphatic rings. The van der Waals surface area contributed by atoms with Crippen molar-refractivity contribution in [3.05, 3.63) is 120 Å². The highest BCUT2D eigenvalue weighted by Gasteiger charge is 2.23. The Bertz CT molecular complexity index is 1660. The number of sulfonamides is 1. The molecule has 4 aromatic rings. The summed E-state index contributed by atoms with van der Waals surface area (Å²) in [6.07, 6.45) is 1.23. The lowest BCUT2D eigenvalue weighted by Crippen LogP contribution is -2.32. The minimum atomic E-state index is -3.89. The number of ether oxygens (including phenoxy) is 2. The van der Waals surface area contributed by atoms with Crippen LogP contribution in [0.5, 0.6) is 11.5 Å². The lowest BCUT2D eigenvalue weighted by atomic mass is 10.0. The van der Waals surface area contributed by atoms with E-state index in [-0.39, 0.29) is 23.8 Å². The third kappa shape index (κ3) is 9.25. The topological polar surface area (TPSA) is 135 Å². The summed E-state index contributed by atoms with van der Waals surface area (Å²) in [4.78, 5) is 25.1. The lowest BCUT2D eigenvalue weighted by Gasteiger charge is -2.18. The predicted molar refractivity (Wildman–Crippen MR) is 165 cm³/mol. The van der Waals surface area contributed by atoms with Crippen molar-refractivity contribution in [3.63, 3.8) is 0 Å². The number of rotatable bonds is 13. The largest absolute Gasteiger partial charge is 0.493 e. The van der Waals surface area contributed by atoms with Gasteiger partial charge in [0.25, 0.3) is 5.91 Å². The first-order chi connectivity index (χ1) is 20.7. The van der Waals surface area contributed by atoms with Crippen LogP contribution in [0, 0.1) is 6.92 Å². The number of benzene rings is 4. The summed E-state index contributed by atoms with van der Waals surface area (Å²) in [5, 5.41) is 6.76. The van der Waals surface area contributed by atoms with E-state index >= 15 is 0 Å². The Kier molecular flexibility index (Phi) is 10.6. The predicted octanol–water partition coefficient (Wildman–Crippen LogP) is 4.58. The van der Waals surface area contributed by atoms with Gasteiger partial charge >= 0.3 is 0 Å². The number of anilines is 1. The van der Waals surface area contributed by atoms with Crippen LogP contribution in [0.3, 0.4) is 0 Å². The summed E-state index contributed by atoms with van der Waals surface area (Å²) < 4.78 is 39.7. The number of para-hydroxylation sites is 1. The summed E-state index contributed by atoms with van der Waals surface area (Å²) >= 11 is 0. The highest BCUT2D eigenvalue weighted by molar-refractivity contribution is 7.89. The van der Waals surface area contributed by atoms with Crippen LogP contribution in [-0.2, 0) is 19.6 Å². The normalized spacial score (nSPS) is 12.0. The number of nitrogens with one attached hydrogen (secondary N) is 3. The molecule has 2 amide bonds. The van der Waals surface area contributed by atoms with Crippen LogP contribution in [0.1, 0.15) is 29.2 Å². The van der Waals surface area contributed by atoms with Gasteiger partial charge in [0.2, 0.25) is 15.9 Å². The monoisotopic (exact) mass is 600 g/mol. The Morgan fingerprint density at radius 1 is 0.860 bits per heavy atom. The minimum Gasteiger partial charge on any atom is -0.493 e. The Morgan fingerprint density at radius 3 is 2.21 bits per heavy atom. The number of hydrazone groups is 1. The van der Waals surface area contributed by atoms with Crippen LogP contribution >= 0.6 is 0 Å². The number of amides is 2. The molecule has 11 heteroatoms. The number of nitrogens with zero attached hydrogens (tertiary/aromatic N) is 1. The van der Waals surface area contributed by atoms with Gasteiger partial charge in [0.1, 0.15) is 0 Å². The van der Waals surface area contributed by atoms with Crippen LogP contribution in [0.25, 0.3) is 0 Å². The zero-order chi connectivity index (χ0) is 30.7. The highest BCUT2D eigenvalue weighted by Crippen LogP contribution is 2.27. The first-order valence-corrected chi connectivity index (χ1v) is 14.8. The molecule has 222 valence electrons. The third-order valence-electron chi connectivity index (χ3n) is 6.23. The fourth-order valence-electron chi connectivity index (χ4n) is 4.04. The quantitative estimate of drug-likeness (QED) is 0.152. The fraction of sp³-hybridized carbons (Fsp3) is 0.156. The van der Waals surface area contributed by atoms with E-state index in [4.69, 9.17) is 9.47 Å². The second-order valence-electron chi connectivity index (χ2n) is 9.51. The van der Waals surface area contributed by atoms with E-state index in [2.05, 4.69) is 20.6 Å². The fourth-order valence-corrected chi connectivity index (χ4v) is 5.27. The van der Waals surface area contributed by atoms with Crippen molar-refractivity contribution in [3.8, 4) is 11.5 Å². The zero-order valence-corrected chi connectivity index (χ0v) is 24.5. The van der Waals surface area contributed by atoms with Crippen molar-refractivity contribution in [1.82, 2.24) is 10.1 Å². The van der Waals surface area contributed by atoms with Gasteiger partial charge in [-0.15, -0.1) is 0 Å². The molecule has 1 atom stereocenters. The van der Waals surface area contributed by atoms with Gasteiger partial charge in [-0.05, 0) is 60.5 Å². The number of hydrogen-bond acceptors (Lipinski definition) is 7. The minimum absolute atomic E-state index is 0.107. The van der Waals surface area contributed by atoms with Crippen LogP contribution in [0.4, 0.5) is 5.69 Å². The van der Waals surface area contributed by atoms with E-state index < -0.39 is 22.0 Å². The number of hydrogen-bond donors (Lipinski definition) is 3. The molecule has 0 spiro atoms. The molecule has 0 aliphatic carbocycles. The molecular weight excluding hydrogens is 568 g/mol. The van der Waals surface area contributed by atoms with Crippen LogP contribution in [0.15, 0.2) is 113 Å². The molecule has 10 nitrogen and oxygen atoms in total. The van der Waals surface area contributed by atoms with Crippen molar-refractivity contribution in [2.24, 2.45) is 5.10 Å². The summed E-state index contributed by atoms with van der Waals surface area (Å²) in [7, 11) is -2.42. The summed E-state index contributed by atoms with van der Waals surface area (Å²) in [6, 6.07) is 28.5. The van der Waals surface area contributed by atoms with Gasteiger partial charge in [-0.25, -0.2) is 18.6 Å². The number of methoxy groups -OCH3 is 1. The van der Waals surface area contributed by atoms with Crippen molar-refractivity contribution in [1.29, 1.82) is 0 Å².